The quantitative estimate of drug-likeness (QED) is 0.0288. The van der Waals surface area contributed by atoms with E-state index >= 15 is 0 Å². The number of rotatable bonds is 28. The standard InChI is InChI=1S/C46H72N2/c1-6-11-16-19-21-23-28-41-34-42(29-24-22-20-17-12-7-2)38-45(37-41)46(43(31-32-48-47)30-25-18-13-8-3)44-35-39(26-14-9-4)33-40(36-44)27-15-10-5/h31,33-38H,6-30H2,1-5H3. The summed E-state index contributed by atoms with van der Waals surface area (Å²) in [5.74, 6) is 2.85. The van der Waals surface area contributed by atoms with E-state index in [4.69, 9.17) is 0 Å². The summed E-state index contributed by atoms with van der Waals surface area (Å²) in [6.45, 7) is 11.5. The van der Waals surface area contributed by atoms with E-state index in [0.29, 0.717) is 0 Å². The lowest BCUT2D eigenvalue weighted by atomic mass is 9.85. The molecule has 2 aromatic rings. The van der Waals surface area contributed by atoms with E-state index in [-0.39, 0.29) is 0 Å². The fraction of sp³-hybridized carbons (Fsp3) is 0.652. The fourth-order valence-electron chi connectivity index (χ4n) is 7.03. The van der Waals surface area contributed by atoms with Gasteiger partial charge in [-0.1, -0.05) is 167 Å². The first kappa shape index (κ1) is 41.5. The van der Waals surface area contributed by atoms with Gasteiger partial charge in [-0.25, -0.2) is 0 Å². The fourth-order valence-corrected chi connectivity index (χ4v) is 7.03. The Balaban J connectivity index is 2.70. The second-order valence-electron chi connectivity index (χ2n) is 14.4. The van der Waals surface area contributed by atoms with Crippen molar-refractivity contribution in [3.8, 4) is 0 Å². The van der Waals surface area contributed by atoms with Crippen LogP contribution in [0.5, 0.6) is 0 Å². The molecular formula is C46H72N2. The van der Waals surface area contributed by atoms with Gasteiger partial charge in [0, 0.05) is 0 Å². The van der Waals surface area contributed by atoms with E-state index in [2.05, 4.69) is 81.7 Å². The maximum Gasteiger partial charge on any atom is 0.299 e. The van der Waals surface area contributed by atoms with Crippen LogP contribution in [0.4, 0.5) is 0 Å². The number of hydrogen-bond donors (Lipinski definition) is 0. The molecule has 0 N–H and O–H groups in total. The zero-order valence-electron chi connectivity index (χ0n) is 32.1. The molecule has 0 radical (unpaired) electrons. The van der Waals surface area contributed by atoms with E-state index in [1.807, 2.05) is 6.08 Å². The van der Waals surface area contributed by atoms with Crippen molar-refractivity contribution in [1.29, 1.82) is 0 Å². The molecule has 0 saturated heterocycles. The zero-order chi connectivity index (χ0) is 34.7. The van der Waals surface area contributed by atoms with Crippen LogP contribution in [0.1, 0.15) is 203 Å². The van der Waals surface area contributed by atoms with Crippen molar-refractivity contribution in [2.24, 2.45) is 0 Å². The molecule has 266 valence electrons. The molecule has 0 saturated carbocycles. The van der Waals surface area contributed by atoms with Crippen LogP contribution in [0.25, 0.3) is 11.1 Å². The molecule has 2 nitrogen and oxygen atoms in total. The van der Waals surface area contributed by atoms with E-state index in [0.717, 1.165) is 38.5 Å². The van der Waals surface area contributed by atoms with Crippen LogP contribution in [-0.2, 0) is 25.7 Å². The lowest BCUT2D eigenvalue weighted by Gasteiger charge is -2.19. The SMILES string of the molecule is CCCCCCCCc1cc(CCCCCCCC)cc(C(=C(C=C=[N+]=[N-])CCCCCC)c2cc(CCCC)cc(CCCC)c2)c1. The Morgan fingerprint density at radius 1 is 0.479 bits per heavy atom. The molecule has 0 aliphatic heterocycles. The van der Waals surface area contributed by atoms with Gasteiger partial charge in [0.15, 0.2) is 0 Å². The first-order valence-corrected chi connectivity index (χ1v) is 20.5. The predicted octanol–water partition coefficient (Wildman–Crippen LogP) is 14.4. The number of aryl methyl sites for hydroxylation is 4. The first-order chi connectivity index (χ1) is 23.6. The van der Waals surface area contributed by atoms with Crippen LogP contribution in [0.15, 0.2) is 48.0 Å². The molecule has 0 aliphatic carbocycles. The van der Waals surface area contributed by atoms with E-state index < -0.39 is 0 Å². The molecule has 2 heteroatoms. The molecule has 48 heavy (non-hydrogen) atoms. The van der Waals surface area contributed by atoms with Crippen LogP contribution in [0.3, 0.4) is 0 Å². The van der Waals surface area contributed by atoms with Crippen molar-refractivity contribution in [2.75, 3.05) is 0 Å². The molecule has 0 spiro atoms. The summed E-state index contributed by atoms with van der Waals surface area (Å²) in [4.78, 5) is 3.34. The van der Waals surface area contributed by atoms with Gasteiger partial charge in [-0.05, 0) is 109 Å². The van der Waals surface area contributed by atoms with Gasteiger partial charge in [-0.2, -0.15) is 0 Å². The average molecular weight is 653 g/mol. The molecule has 0 unspecified atom stereocenters. The molecule has 0 amide bonds. The summed E-state index contributed by atoms with van der Waals surface area (Å²) in [5.41, 5.74) is 20.7. The van der Waals surface area contributed by atoms with Gasteiger partial charge in [0.1, 0.15) is 0 Å². The second kappa shape index (κ2) is 27.2. The van der Waals surface area contributed by atoms with Crippen LogP contribution >= 0.6 is 0 Å². The Bertz CT molecular complexity index is 1190. The summed E-state index contributed by atoms with van der Waals surface area (Å²) >= 11 is 0. The molecule has 0 atom stereocenters. The zero-order valence-corrected chi connectivity index (χ0v) is 32.1. The van der Waals surface area contributed by atoms with Gasteiger partial charge in [-0.15, -0.1) is 4.79 Å². The molecule has 0 fully saturated rings. The molecule has 0 heterocycles. The van der Waals surface area contributed by atoms with Gasteiger partial charge < -0.3 is 5.53 Å². The van der Waals surface area contributed by atoms with Crippen LogP contribution in [0, 0.1) is 0 Å². The molecule has 0 aliphatic rings. The summed E-state index contributed by atoms with van der Waals surface area (Å²) in [6.07, 6.45) is 33.1. The average Bonchev–Trinajstić information content (AvgIpc) is 3.10. The monoisotopic (exact) mass is 653 g/mol. The van der Waals surface area contributed by atoms with Crippen LogP contribution < -0.4 is 0 Å². The van der Waals surface area contributed by atoms with Crippen LogP contribution in [-0.4, -0.2) is 10.7 Å². The highest BCUT2D eigenvalue weighted by Gasteiger charge is 2.16. The van der Waals surface area contributed by atoms with Gasteiger partial charge in [0.2, 0.25) is 0 Å². The highest BCUT2D eigenvalue weighted by molar-refractivity contribution is 5.86. The Labute approximate surface area is 297 Å². The Kier molecular flexibility index (Phi) is 23.5. The smallest absolute Gasteiger partial charge is 0.299 e. The van der Waals surface area contributed by atoms with Crippen molar-refractivity contribution < 1.29 is 4.79 Å². The minimum atomic E-state index is 0.968. The third-order valence-corrected chi connectivity index (χ3v) is 9.88. The van der Waals surface area contributed by atoms with Gasteiger partial charge >= 0.3 is 0 Å². The Morgan fingerprint density at radius 3 is 1.23 bits per heavy atom. The molecular weight excluding hydrogens is 581 g/mol. The third kappa shape index (κ3) is 17.1. The number of nitrogens with zero attached hydrogens (tertiary/aromatic N) is 2. The minimum absolute atomic E-state index is 0.968. The highest BCUT2D eigenvalue weighted by Crippen LogP contribution is 2.34. The lowest BCUT2D eigenvalue weighted by Crippen LogP contribution is -2.02. The number of allylic oxidation sites excluding steroid dienone is 2. The largest absolute Gasteiger partial charge is 0.348 e. The number of hydrogen-bond acceptors (Lipinski definition) is 0. The molecule has 0 bridgehead atoms. The van der Waals surface area contributed by atoms with E-state index in [1.54, 1.807) is 0 Å². The van der Waals surface area contributed by atoms with Crippen molar-refractivity contribution in [2.45, 2.75) is 195 Å². The van der Waals surface area contributed by atoms with Crippen molar-refractivity contribution in [3.63, 3.8) is 0 Å². The first-order valence-electron chi connectivity index (χ1n) is 20.5. The van der Waals surface area contributed by atoms with Gasteiger partial charge in [0.25, 0.3) is 5.87 Å². The number of unbranched alkanes of at least 4 members (excludes halogenated alkanes) is 15. The number of benzene rings is 2. The van der Waals surface area contributed by atoms with Crippen molar-refractivity contribution >= 4 is 11.4 Å². The third-order valence-electron chi connectivity index (χ3n) is 9.88. The molecule has 0 aromatic heterocycles. The molecule has 2 rings (SSSR count). The van der Waals surface area contributed by atoms with E-state index in [9.17, 15) is 5.53 Å². The maximum absolute atomic E-state index is 9.53. The minimum Gasteiger partial charge on any atom is -0.348 e. The topological polar surface area (TPSA) is 36.4 Å². The lowest BCUT2D eigenvalue weighted by molar-refractivity contribution is 0.00800. The van der Waals surface area contributed by atoms with Crippen molar-refractivity contribution in [3.05, 3.63) is 87.0 Å². The summed E-state index contributed by atoms with van der Waals surface area (Å²) in [5, 5.41) is 0. The summed E-state index contributed by atoms with van der Waals surface area (Å²) in [6, 6.07) is 15.0. The predicted molar refractivity (Wildman–Crippen MR) is 212 cm³/mol. The summed E-state index contributed by atoms with van der Waals surface area (Å²) < 4.78 is 0. The van der Waals surface area contributed by atoms with E-state index in [1.165, 1.54) is 167 Å². The Hall–Kier alpha value is -2.66. The van der Waals surface area contributed by atoms with Crippen molar-refractivity contribution in [1.82, 2.24) is 0 Å². The maximum atomic E-state index is 9.53. The normalized spacial score (nSPS) is 11.7. The second-order valence-corrected chi connectivity index (χ2v) is 14.4. The van der Waals surface area contributed by atoms with Gasteiger partial charge in [-0.3, -0.25) is 0 Å². The van der Waals surface area contributed by atoms with Gasteiger partial charge in [0.05, 0.1) is 6.08 Å². The molecule has 2 aromatic carbocycles. The highest BCUT2D eigenvalue weighted by atomic mass is 14.8. The van der Waals surface area contributed by atoms with Crippen LogP contribution in [0.2, 0.25) is 0 Å². The summed E-state index contributed by atoms with van der Waals surface area (Å²) in [7, 11) is 0. The Morgan fingerprint density at radius 2 is 0.833 bits per heavy atom.